The lowest BCUT2D eigenvalue weighted by molar-refractivity contribution is -0.142. The van der Waals surface area contributed by atoms with Gasteiger partial charge in [-0.05, 0) is 37.3 Å². The number of hydrogen-bond acceptors (Lipinski definition) is 8. The third kappa shape index (κ3) is 8.42. The number of benzene rings is 1. The Morgan fingerprint density at radius 3 is 2.48 bits per heavy atom. The number of amides is 3. The molecule has 1 aromatic carbocycles. The van der Waals surface area contributed by atoms with Crippen LogP contribution in [0, 0.1) is 18.8 Å². The minimum Gasteiger partial charge on any atom is -0.391 e. The summed E-state index contributed by atoms with van der Waals surface area (Å²) in [4.78, 5) is 58.2. The molecule has 4 atom stereocenters. The first kappa shape index (κ1) is 31.4. The summed E-state index contributed by atoms with van der Waals surface area (Å²) >= 11 is 1.57. The lowest BCUT2D eigenvalue weighted by Crippen LogP contribution is -2.53. The fourth-order valence-corrected chi connectivity index (χ4v) is 5.77. The molecule has 2 aromatic rings. The van der Waals surface area contributed by atoms with E-state index in [0.717, 1.165) is 21.7 Å². The Bertz CT molecular complexity index is 1180. The zero-order valence-corrected chi connectivity index (χ0v) is 24.6. The summed E-state index contributed by atoms with van der Waals surface area (Å²) in [7, 11) is 1.42. The number of aromatic nitrogens is 1. The molecule has 3 rings (SSSR count). The van der Waals surface area contributed by atoms with E-state index < -0.39 is 35.9 Å². The highest BCUT2D eigenvalue weighted by Crippen LogP contribution is 2.27. The number of nitrogens with zero attached hydrogens (tertiary/aromatic N) is 2. The lowest BCUT2D eigenvalue weighted by atomic mass is 9.91. The standard InChI is InChI=1S/C29H40N4O6S/c1-17(2)10-22(11-24(35)15-39-5)27(36)32-19(4)29(38)33-14-23(34)12-25(33)28(37)30-13-20-6-8-21(9-7-20)26-18(3)31-16-40-26/h6-9,16-17,19,22-23,25,34H,10-15H2,1-5H3,(H,30,37)(H,32,36)/t19-,22+,23+,25-/m0/s1. The molecule has 3 N–H and O–H groups in total. The van der Waals surface area contributed by atoms with Gasteiger partial charge in [0.1, 0.15) is 18.7 Å². The number of thiazole rings is 1. The third-order valence-electron chi connectivity index (χ3n) is 6.93. The number of likely N-dealkylation sites (tertiary alicyclic amines) is 1. The summed E-state index contributed by atoms with van der Waals surface area (Å²) in [5.41, 5.74) is 4.73. The predicted molar refractivity (Wildman–Crippen MR) is 152 cm³/mol. The van der Waals surface area contributed by atoms with E-state index in [1.54, 1.807) is 18.3 Å². The Labute approximate surface area is 239 Å². The summed E-state index contributed by atoms with van der Waals surface area (Å²) in [6.45, 7) is 7.63. The smallest absolute Gasteiger partial charge is 0.245 e. The maximum Gasteiger partial charge on any atom is 0.245 e. The van der Waals surface area contributed by atoms with E-state index >= 15 is 0 Å². The van der Waals surface area contributed by atoms with Gasteiger partial charge in [-0.3, -0.25) is 19.2 Å². The normalized spacial score (nSPS) is 18.4. The second-order valence-electron chi connectivity index (χ2n) is 10.8. The molecular weight excluding hydrogens is 532 g/mol. The number of carbonyl (C=O) groups is 4. The molecule has 1 fully saturated rings. The van der Waals surface area contributed by atoms with Gasteiger partial charge in [0.15, 0.2) is 5.78 Å². The molecule has 3 amide bonds. The van der Waals surface area contributed by atoms with E-state index in [-0.39, 0.29) is 50.1 Å². The Balaban J connectivity index is 1.59. The molecule has 0 radical (unpaired) electrons. The van der Waals surface area contributed by atoms with Gasteiger partial charge < -0.3 is 25.4 Å². The van der Waals surface area contributed by atoms with Gasteiger partial charge in [0.2, 0.25) is 17.7 Å². The number of ketones is 1. The zero-order chi connectivity index (χ0) is 29.4. The SMILES string of the molecule is COCC(=O)C[C@@H](CC(C)C)C(=O)N[C@@H](C)C(=O)N1C[C@H](O)C[C@H]1C(=O)NCc1ccc(-c2scnc2C)cc1. The summed E-state index contributed by atoms with van der Waals surface area (Å²) in [5, 5.41) is 15.9. The molecule has 218 valence electrons. The number of aryl methyl sites for hydroxylation is 1. The van der Waals surface area contributed by atoms with Gasteiger partial charge in [-0.25, -0.2) is 4.98 Å². The van der Waals surface area contributed by atoms with E-state index in [1.165, 1.54) is 12.0 Å². The van der Waals surface area contributed by atoms with E-state index in [2.05, 4.69) is 15.6 Å². The van der Waals surface area contributed by atoms with Crippen LogP contribution in [-0.2, 0) is 30.5 Å². The van der Waals surface area contributed by atoms with Crippen LogP contribution in [0.5, 0.6) is 0 Å². The first-order chi connectivity index (χ1) is 19.0. The van der Waals surface area contributed by atoms with Crippen LogP contribution in [0.2, 0.25) is 0 Å². The summed E-state index contributed by atoms with van der Waals surface area (Å²) in [6, 6.07) is 6.06. The van der Waals surface area contributed by atoms with Gasteiger partial charge in [-0.15, -0.1) is 11.3 Å². The van der Waals surface area contributed by atoms with Crippen LogP contribution in [-0.4, -0.2) is 76.9 Å². The summed E-state index contributed by atoms with van der Waals surface area (Å²) < 4.78 is 4.89. The van der Waals surface area contributed by atoms with Crippen LogP contribution >= 0.6 is 11.3 Å². The van der Waals surface area contributed by atoms with Crippen LogP contribution < -0.4 is 10.6 Å². The zero-order valence-electron chi connectivity index (χ0n) is 23.8. The highest BCUT2D eigenvalue weighted by molar-refractivity contribution is 7.13. The Hall–Kier alpha value is -3.15. The molecule has 2 heterocycles. The van der Waals surface area contributed by atoms with Crippen molar-refractivity contribution >= 4 is 34.8 Å². The molecule has 0 unspecified atom stereocenters. The van der Waals surface area contributed by atoms with Crippen molar-refractivity contribution in [2.24, 2.45) is 11.8 Å². The van der Waals surface area contributed by atoms with Crippen molar-refractivity contribution in [1.29, 1.82) is 0 Å². The largest absolute Gasteiger partial charge is 0.391 e. The van der Waals surface area contributed by atoms with Gasteiger partial charge in [-0.1, -0.05) is 38.1 Å². The second-order valence-corrected chi connectivity index (χ2v) is 11.7. The van der Waals surface area contributed by atoms with Crippen LogP contribution in [0.1, 0.15) is 51.3 Å². The maximum absolute atomic E-state index is 13.3. The second kappa shape index (κ2) is 14.5. The topological polar surface area (TPSA) is 138 Å². The molecule has 1 aliphatic heterocycles. The maximum atomic E-state index is 13.3. The van der Waals surface area contributed by atoms with Crippen molar-refractivity contribution in [3.05, 3.63) is 41.0 Å². The fourth-order valence-electron chi connectivity index (χ4n) is 4.95. The third-order valence-corrected chi connectivity index (χ3v) is 7.91. The van der Waals surface area contributed by atoms with Crippen LogP contribution in [0.15, 0.2) is 29.8 Å². The van der Waals surface area contributed by atoms with E-state index in [0.29, 0.717) is 6.42 Å². The molecule has 1 saturated heterocycles. The first-order valence-electron chi connectivity index (χ1n) is 13.6. The molecular formula is C29H40N4O6S. The van der Waals surface area contributed by atoms with Gasteiger partial charge in [0.05, 0.1) is 22.2 Å². The van der Waals surface area contributed by atoms with Crippen LogP contribution in [0.3, 0.4) is 0 Å². The number of aliphatic hydroxyl groups is 1. The van der Waals surface area contributed by atoms with E-state index in [1.807, 2.05) is 50.5 Å². The van der Waals surface area contributed by atoms with Crippen molar-refractivity contribution in [2.45, 2.75) is 71.7 Å². The van der Waals surface area contributed by atoms with Crippen molar-refractivity contribution in [3.8, 4) is 10.4 Å². The van der Waals surface area contributed by atoms with E-state index in [4.69, 9.17) is 4.74 Å². The van der Waals surface area contributed by atoms with Gasteiger partial charge in [-0.2, -0.15) is 0 Å². The molecule has 10 nitrogen and oxygen atoms in total. The number of carbonyl (C=O) groups excluding carboxylic acids is 4. The minimum atomic E-state index is -0.928. The summed E-state index contributed by atoms with van der Waals surface area (Å²) in [6.07, 6.45) is -0.217. The Morgan fingerprint density at radius 1 is 1.18 bits per heavy atom. The lowest BCUT2D eigenvalue weighted by Gasteiger charge is -2.28. The fraction of sp³-hybridized carbons (Fsp3) is 0.552. The summed E-state index contributed by atoms with van der Waals surface area (Å²) in [5.74, 6) is -1.82. The average Bonchev–Trinajstić information content (AvgIpc) is 3.51. The minimum absolute atomic E-state index is 0.00176. The van der Waals surface area contributed by atoms with E-state index in [9.17, 15) is 24.3 Å². The number of hydrogen-bond donors (Lipinski definition) is 3. The predicted octanol–water partition coefficient (Wildman–Crippen LogP) is 2.47. The quantitative estimate of drug-likeness (QED) is 0.335. The molecule has 11 heteroatoms. The number of methoxy groups -OCH3 is 1. The molecule has 0 saturated carbocycles. The van der Waals surface area contributed by atoms with Crippen LogP contribution in [0.4, 0.5) is 0 Å². The van der Waals surface area contributed by atoms with Crippen molar-refractivity contribution in [3.63, 3.8) is 0 Å². The van der Waals surface area contributed by atoms with Crippen molar-refractivity contribution in [2.75, 3.05) is 20.3 Å². The molecule has 40 heavy (non-hydrogen) atoms. The highest BCUT2D eigenvalue weighted by atomic mass is 32.1. The highest BCUT2D eigenvalue weighted by Gasteiger charge is 2.40. The van der Waals surface area contributed by atoms with Gasteiger partial charge in [0, 0.05) is 39.0 Å². The Morgan fingerprint density at radius 2 is 1.88 bits per heavy atom. The van der Waals surface area contributed by atoms with Gasteiger partial charge >= 0.3 is 0 Å². The Kier molecular flexibility index (Phi) is 11.4. The number of rotatable bonds is 13. The number of ether oxygens (including phenoxy) is 1. The molecule has 0 spiro atoms. The number of nitrogens with one attached hydrogen (secondary N) is 2. The molecule has 1 aliphatic rings. The average molecular weight is 573 g/mol. The molecule has 1 aromatic heterocycles. The van der Waals surface area contributed by atoms with Crippen molar-refractivity contribution in [1.82, 2.24) is 20.5 Å². The molecule has 0 bridgehead atoms. The van der Waals surface area contributed by atoms with Gasteiger partial charge in [0.25, 0.3) is 0 Å². The first-order valence-corrected chi connectivity index (χ1v) is 14.4. The number of β-amino-alcohol motifs (C(OH)–C–C–N with tert-alkyl or cyclic N) is 1. The number of Topliss-reactive ketones (excluding diaryl/α,β-unsaturated/α-hetero) is 1. The number of aliphatic hydroxyl groups excluding tert-OH is 1. The molecule has 0 aliphatic carbocycles. The monoisotopic (exact) mass is 572 g/mol. The van der Waals surface area contributed by atoms with Crippen LogP contribution in [0.25, 0.3) is 10.4 Å². The van der Waals surface area contributed by atoms with Crippen molar-refractivity contribution < 1.29 is 29.0 Å².